The molecule has 0 bridgehead atoms. The molecule has 1 aliphatic heterocycles. The molecule has 74 valence electrons. The van der Waals surface area contributed by atoms with E-state index in [1.165, 1.54) is 4.90 Å². The number of likely N-dealkylation sites (tertiary alicyclic amines) is 1. The van der Waals surface area contributed by atoms with Crippen molar-refractivity contribution in [2.24, 2.45) is 0 Å². The van der Waals surface area contributed by atoms with Gasteiger partial charge in [-0.2, -0.15) is 0 Å². The molecule has 14 heavy (non-hydrogen) atoms. The number of hydrogen-bond donors (Lipinski definition) is 1. The summed E-state index contributed by atoms with van der Waals surface area (Å²) < 4.78 is 0. The standard InChI is InChI=1S/C11H13NO2/c13-10-7-4-8-12(10)11(14)9-5-2-1-3-6-9/h1-3,5-6,10,13H,4,7-8H2. The molecule has 0 aliphatic carbocycles. The van der Waals surface area contributed by atoms with E-state index in [2.05, 4.69) is 0 Å². The average Bonchev–Trinajstić information content (AvgIpc) is 2.65. The summed E-state index contributed by atoms with van der Waals surface area (Å²) in [5, 5.41) is 9.53. The van der Waals surface area contributed by atoms with E-state index in [1.807, 2.05) is 18.2 Å². The summed E-state index contributed by atoms with van der Waals surface area (Å²) in [6.07, 6.45) is 0.987. The Morgan fingerprint density at radius 3 is 2.64 bits per heavy atom. The van der Waals surface area contributed by atoms with Crippen LogP contribution in [0.5, 0.6) is 0 Å². The highest BCUT2D eigenvalue weighted by Crippen LogP contribution is 2.17. The van der Waals surface area contributed by atoms with Gasteiger partial charge < -0.3 is 10.0 Å². The normalized spacial score (nSPS) is 21.2. The first-order valence-corrected chi connectivity index (χ1v) is 4.83. The Hall–Kier alpha value is -1.35. The number of aliphatic hydroxyl groups excluding tert-OH is 1. The summed E-state index contributed by atoms with van der Waals surface area (Å²) in [4.78, 5) is 13.3. The number of carbonyl (C=O) groups is 1. The highest BCUT2D eigenvalue weighted by atomic mass is 16.3. The maximum absolute atomic E-state index is 11.8. The van der Waals surface area contributed by atoms with Gasteiger partial charge >= 0.3 is 0 Å². The van der Waals surface area contributed by atoms with E-state index in [0.717, 1.165) is 6.42 Å². The van der Waals surface area contributed by atoms with Gasteiger partial charge in [0.1, 0.15) is 6.23 Å². The van der Waals surface area contributed by atoms with Gasteiger partial charge in [0.15, 0.2) is 0 Å². The van der Waals surface area contributed by atoms with Crippen LogP contribution in [0.25, 0.3) is 0 Å². The molecule has 0 spiro atoms. The molecule has 0 radical (unpaired) electrons. The molecular weight excluding hydrogens is 178 g/mol. The van der Waals surface area contributed by atoms with E-state index in [0.29, 0.717) is 18.5 Å². The fourth-order valence-electron chi connectivity index (χ4n) is 1.73. The van der Waals surface area contributed by atoms with E-state index in [1.54, 1.807) is 12.1 Å². The van der Waals surface area contributed by atoms with Gasteiger partial charge in [0.2, 0.25) is 0 Å². The minimum Gasteiger partial charge on any atom is -0.374 e. The molecule has 1 aromatic carbocycles. The van der Waals surface area contributed by atoms with Gasteiger partial charge in [-0.15, -0.1) is 0 Å². The summed E-state index contributed by atoms with van der Waals surface area (Å²) in [6, 6.07) is 9.07. The molecule has 1 aliphatic rings. The first-order chi connectivity index (χ1) is 6.79. The minimum atomic E-state index is -0.595. The van der Waals surface area contributed by atoms with E-state index in [9.17, 15) is 9.90 Å². The molecule has 1 atom stereocenters. The van der Waals surface area contributed by atoms with Crippen LogP contribution < -0.4 is 0 Å². The number of aliphatic hydroxyl groups is 1. The van der Waals surface area contributed by atoms with Crippen LogP contribution in [0.15, 0.2) is 30.3 Å². The second kappa shape index (κ2) is 3.80. The Morgan fingerprint density at radius 2 is 2.07 bits per heavy atom. The van der Waals surface area contributed by atoms with Crippen LogP contribution in [-0.4, -0.2) is 28.7 Å². The molecule has 1 aromatic rings. The summed E-state index contributed by atoms with van der Waals surface area (Å²) in [5.41, 5.74) is 0.647. The largest absolute Gasteiger partial charge is 0.374 e. The summed E-state index contributed by atoms with van der Waals surface area (Å²) in [6.45, 7) is 0.662. The number of benzene rings is 1. The SMILES string of the molecule is O=C(c1ccccc1)N1CCCC1O. The lowest BCUT2D eigenvalue weighted by Gasteiger charge is -2.19. The fourth-order valence-corrected chi connectivity index (χ4v) is 1.73. The van der Waals surface area contributed by atoms with Crippen LogP contribution in [0.2, 0.25) is 0 Å². The maximum Gasteiger partial charge on any atom is 0.255 e. The second-order valence-corrected chi connectivity index (χ2v) is 3.49. The Morgan fingerprint density at radius 1 is 1.36 bits per heavy atom. The lowest BCUT2D eigenvalue weighted by atomic mass is 10.2. The third kappa shape index (κ3) is 1.63. The molecule has 3 nitrogen and oxygen atoms in total. The summed E-state index contributed by atoms with van der Waals surface area (Å²) >= 11 is 0. The monoisotopic (exact) mass is 191 g/mol. The van der Waals surface area contributed by atoms with Crippen LogP contribution >= 0.6 is 0 Å². The zero-order valence-electron chi connectivity index (χ0n) is 7.89. The minimum absolute atomic E-state index is 0.0735. The third-order valence-corrected chi connectivity index (χ3v) is 2.50. The number of amides is 1. The molecule has 2 rings (SSSR count). The fraction of sp³-hybridized carbons (Fsp3) is 0.364. The Bertz CT molecular complexity index is 323. The predicted octanol–water partition coefficient (Wildman–Crippen LogP) is 1.24. The highest BCUT2D eigenvalue weighted by molar-refractivity contribution is 5.94. The van der Waals surface area contributed by atoms with Crippen molar-refractivity contribution in [3.8, 4) is 0 Å². The second-order valence-electron chi connectivity index (χ2n) is 3.49. The molecule has 0 saturated carbocycles. The molecule has 1 N–H and O–H groups in total. The molecule has 3 heteroatoms. The van der Waals surface area contributed by atoms with E-state index >= 15 is 0 Å². The van der Waals surface area contributed by atoms with Crippen LogP contribution in [0, 0.1) is 0 Å². The van der Waals surface area contributed by atoms with Crippen molar-refractivity contribution >= 4 is 5.91 Å². The van der Waals surface area contributed by atoms with Crippen molar-refractivity contribution in [1.82, 2.24) is 4.90 Å². The van der Waals surface area contributed by atoms with E-state index in [-0.39, 0.29) is 5.91 Å². The van der Waals surface area contributed by atoms with Gasteiger partial charge in [0, 0.05) is 12.1 Å². The lowest BCUT2D eigenvalue weighted by molar-refractivity contribution is 0.0293. The molecule has 1 unspecified atom stereocenters. The maximum atomic E-state index is 11.8. The highest BCUT2D eigenvalue weighted by Gasteiger charge is 2.27. The number of nitrogens with zero attached hydrogens (tertiary/aromatic N) is 1. The zero-order valence-corrected chi connectivity index (χ0v) is 7.89. The topological polar surface area (TPSA) is 40.5 Å². The zero-order chi connectivity index (χ0) is 9.97. The van der Waals surface area contributed by atoms with E-state index in [4.69, 9.17) is 0 Å². The van der Waals surface area contributed by atoms with Crippen LogP contribution in [0.4, 0.5) is 0 Å². The molecular formula is C11H13NO2. The Balaban J connectivity index is 2.16. The molecule has 1 heterocycles. The van der Waals surface area contributed by atoms with Gasteiger partial charge in [0.05, 0.1) is 0 Å². The van der Waals surface area contributed by atoms with Crippen LogP contribution in [0.1, 0.15) is 23.2 Å². The molecule has 0 aromatic heterocycles. The molecule has 1 saturated heterocycles. The Kier molecular flexibility index (Phi) is 2.50. The van der Waals surface area contributed by atoms with E-state index < -0.39 is 6.23 Å². The van der Waals surface area contributed by atoms with Crippen LogP contribution in [-0.2, 0) is 0 Å². The first kappa shape index (κ1) is 9.21. The van der Waals surface area contributed by atoms with Crippen molar-refractivity contribution < 1.29 is 9.90 Å². The van der Waals surface area contributed by atoms with Gasteiger partial charge in [-0.25, -0.2) is 0 Å². The summed E-state index contributed by atoms with van der Waals surface area (Å²) in [5.74, 6) is -0.0735. The molecule has 1 amide bonds. The number of hydrogen-bond acceptors (Lipinski definition) is 2. The van der Waals surface area contributed by atoms with Gasteiger partial charge in [-0.05, 0) is 25.0 Å². The van der Waals surface area contributed by atoms with Gasteiger partial charge in [-0.1, -0.05) is 18.2 Å². The number of carbonyl (C=O) groups excluding carboxylic acids is 1. The third-order valence-electron chi connectivity index (χ3n) is 2.50. The quantitative estimate of drug-likeness (QED) is 0.725. The van der Waals surface area contributed by atoms with Gasteiger partial charge in [-0.3, -0.25) is 4.79 Å². The Labute approximate surface area is 83.0 Å². The van der Waals surface area contributed by atoms with Crippen molar-refractivity contribution in [2.45, 2.75) is 19.1 Å². The van der Waals surface area contributed by atoms with Gasteiger partial charge in [0.25, 0.3) is 5.91 Å². The van der Waals surface area contributed by atoms with Crippen molar-refractivity contribution in [2.75, 3.05) is 6.54 Å². The average molecular weight is 191 g/mol. The first-order valence-electron chi connectivity index (χ1n) is 4.83. The van der Waals surface area contributed by atoms with Crippen molar-refractivity contribution in [3.63, 3.8) is 0 Å². The predicted molar refractivity (Wildman–Crippen MR) is 52.7 cm³/mol. The molecule has 1 fully saturated rings. The van der Waals surface area contributed by atoms with Crippen molar-refractivity contribution in [1.29, 1.82) is 0 Å². The smallest absolute Gasteiger partial charge is 0.255 e. The summed E-state index contributed by atoms with van der Waals surface area (Å²) in [7, 11) is 0. The number of rotatable bonds is 1. The van der Waals surface area contributed by atoms with Crippen molar-refractivity contribution in [3.05, 3.63) is 35.9 Å². The van der Waals surface area contributed by atoms with Crippen LogP contribution in [0.3, 0.4) is 0 Å². The lowest BCUT2D eigenvalue weighted by Crippen LogP contribution is -2.35.